The molecule has 0 radical (unpaired) electrons. The van der Waals surface area contributed by atoms with E-state index in [1.807, 2.05) is 44.2 Å². The minimum Gasteiger partial charge on any atom is -0.508 e. The zero-order valence-corrected chi connectivity index (χ0v) is 77.0. The first-order valence-electron chi connectivity index (χ1n) is 40.4. The molecule has 9 aromatic rings. The summed E-state index contributed by atoms with van der Waals surface area (Å²) < 4.78 is 89.7. The van der Waals surface area contributed by atoms with Crippen molar-refractivity contribution in [2.45, 2.75) is 48.5 Å². The summed E-state index contributed by atoms with van der Waals surface area (Å²) in [6.07, 6.45) is -0.546. The number of phenolic OH excluding ortho intramolecular Hbond substituents is 3. The van der Waals surface area contributed by atoms with Crippen molar-refractivity contribution in [2.75, 3.05) is 147 Å². The number of aromatic hydroxyl groups is 3. The van der Waals surface area contributed by atoms with E-state index in [4.69, 9.17) is 127 Å². The molecule has 1 saturated heterocycles. The van der Waals surface area contributed by atoms with Crippen LogP contribution in [0.15, 0.2) is 217 Å². The third-order valence-corrected chi connectivity index (χ3v) is 16.9. The number of carbonyl (C=O) groups is 5. The van der Waals surface area contributed by atoms with Crippen LogP contribution in [0, 0.1) is 20.8 Å². The van der Waals surface area contributed by atoms with Crippen LogP contribution in [0.2, 0.25) is 0 Å². The molecular formula is C96H118BBrO34. The van der Waals surface area contributed by atoms with Crippen molar-refractivity contribution in [2.24, 2.45) is 0 Å². The number of cyclic esters (lactones) is 2. The SMILES string of the molecule is C=C(C)C(=O)O.C=C(C)C(=O)OCCOc1cc(OCCOC(=O)C(=C)C)cc(-c2ccc(OC(=O)C(=C)C)c(OC)c2)c1.COc1cc(-c2cc(OCCO)cc(OCCO)c2)ccc1C.COc1cc(-c2cc(OCCO)cc(OCCO)c2)ccc1O.COc1cc(B(O)O)ccc1C.Cc1cc(O)cc(O)c1.O=C1OCCO1.OCCOc1cc(Br)cc(OCCO)c1.[HH]. The zero-order valence-electron chi connectivity index (χ0n) is 75.4. The first-order valence-corrected chi connectivity index (χ1v) is 41.1. The molecule has 10 rings (SSSR count). The molecule has 36 heteroatoms. The van der Waals surface area contributed by atoms with E-state index in [0.29, 0.717) is 98.6 Å². The second-order valence-electron chi connectivity index (χ2n) is 27.4. The van der Waals surface area contributed by atoms with Crippen LogP contribution in [0.1, 0.15) is 45.8 Å². The molecule has 0 atom stereocenters. The number of carbonyl (C=O) groups excluding carboxylic acids is 4. The molecule has 0 spiro atoms. The molecule has 1 aliphatic heterocycles. The lowest BCUT2D eigenvalue weighted by Gasteiger charge is -2.15. The molecular weight excluding hydrogens is 1790 g/mol. The van der Waals surface area contributed by atoms with Crippen LogP contribution in [0.5, 0.6) is 92.0 Å². The van der Waals surface area contributed by atoms with Crippen molar-refractivity contribution in [3.05, 3.63) is 234 Å². The largest absolute Gasteiger partial charge is 0.508 e. The fourth-order valence-corrected chi connectivity index (χ4v) is 10.7. The number of aliphatic hydroxyl groups is 6. The van der Waals surface area contributed by atoms with E-state index in [1.165, 1.54) is 27.2 Å². The highest BCUT2D eigenvalue weighted by atomic mass is 79.9. The summed E-state index contributed by atoms with van der Waals surface area (Å²) in [5.41, 5.74) is 9.24. The maximum Gasteiger partial charge on any atom is 0.508 e. The van der Waals surface area contributed by atoms with Crippen LogP contribution in [-0.4, -0.2) is 246 Å². The number of benzene rings is 9. The molecule has 12 N–H and O–H groups in total. The van der Waals surface area contributed by atoms with Gasteiger partial charge in [-0.3, -0.25) is 0 Å². The standard InChI is InChI=1S/C29H32O9.C18H22O5.C17H20O6.C10H13BrO4.C8H11BO3.C7H8O2.C4H6O2.C3H4O3.H2/c1-18(2)27(30)36-12-10-34-23-14-22(15-24(17-23)35-11-13-37-28(31)19(3)4)21-8-9-25(26(16-21)33-7)38-29(32)20(5)6;1-13-3-4-14(11-18(13)21-2)15-9-16(22-7-5-19)12-17(10-15)23-8-6-20;1-21-17-10-12(2-3-16(17)20)13-8-14(22-6-4-18)11-15(9-13)23-7-5-19;11-8-5-9(14-3-1-12)7-10(6-8)15-4-2-13;1-6-3-4-7(9(10)11)5-8(6)12-2;1-5-2-6(8)4-7(9)3-5;1-3(2)4(5)6;4-3-5-1-2-6-3;/h8-9,14-17H,1,3,5,10-13H2,2,4,6-7H3;3-4,9-12,19-20H,5-8H2,1-2H3;2-3,8-11,18-20H,4-7H2,1H3;5-7,12-13H,1-4H2;3-5,10-11H,1-2H3;2-4,8-9H,1H3;1H2,2H3,(H,5,6);1-2H2;1H. The van der Waals surface area contributed by atoms with Crippen LogP contribution in [0.25, 0.3) is 33.4 Å². The number of aliphatic carboxylic acids is 1. The summed E-state index contributed by atoms with van der Waals surface area (Å²) in [7, 11) is 4.71. The maximum atomic E-state index is 12.0. The van der Waals surface area contributed by atoms with Gasteiger partial charge in [-0.15, -0.1) is 0 Å². The molecule has 0 aromatic heterocycles. The van der Waals surface area contributed by atoms with Gasteiger partial charge in [0.05, 0.1) is 68.1 Å². The van der Waals surface area contributed by atoms with Crippen LogP contribution in [0.3, 0.4) is 0 Å². The van der Waals surface area contributed by atoms with Gasteiger partial charge < -0.3 is 142 Å². The van der Waals surface area contributed by atoms with Crippen molar-refractivity contribution in [3.63, 3.8) is 0 Å². The van der Waals surface area contributed by atoms with Gasteiger partial charge in [-0.05, 0) is 201 Å². The molecule has 34 nitrogen and oxygen atoms in total. The van der Waals surface area contributed by atoms with Crippen LogP contribution < -0.4 is 67.0 Å². The highest BCUT2D eigenvalue weighted by Gasteiger charge is 2.18. The highest BCUT2D eigenvalue weighted by Crippen LogP contribution is 2.39. The quantitative estimate of drug-likeness (QED) is 0.00425. The highest BCUT2D eigenvalue weighted by molar-refractivity contribution is 9.10. The van der Waals surface area contributed by atoms with E-state index in [-0.39, 0.29) is 141 Å². The van der Waals surface area contributed by atoms with E-state index in [1.54, 1.807) is 169 Å². The Bertz CT molecular complexity index is 4840. The van der Waals surface area contributed by atoms with Gasteiger partial charge in [0.2, 0.25) is 0 Å². The van der Waals surface area contributed by atoms with Crippen molar-refractivity contribution < 1.29 is 167 Å². The minimum absolute atomic E-state index is 0. The average Bonchev–Trinajstić information content (AvgIpc) is 0.987. The first kappa shape index (κ1) is 112. The summed E-state index contributed by atoms with van der Waals surface area (Å²) in [5.74, 6) is 4.57. The van der Waals surface area contributed by atoms with Crippen molar-refractivity contribution >= 4 is 58.5 Å². The number of rotatable bonds is 39. The molecule has 0 bridgehead atoms. The number of aryl methyl sites for hydroxylation is 3. The van der Waals surface area contributed by atoms with E-state index in [9.17, 15) is 29.1 Å². The molecule has 0 amide bonds. The number of methoxy groups -OCH3 is 4. The van der Waals surface area contributed by atoms with Crippen molar-refractivity contribution in [1.82, 2.24) is 0 Å². The second-order valence-corrected chi connectivity index (χ2v) is 28.3. The van der Waals surface area contributed by atoms with E-state index < -0.39 is 37.2 Å². The molecule has 132 heavy (non-hydrogen) atoms. The van der Waals surface area contributed by atoms with Gasteiger partial charge in [-0.25, -0.2) is 24.0 Å². The molecule has 0 unspecified atom stereocenters. The number of hydrogen-bond donors (Lipinski definition) is 12. The molecule has 0 saturated carbocycles. The summed E-state index contributed by atoms with van der Waals surface area (Å²) in [4.78, 5) is 54.5. The number of ether oxygens (including phenoxy) is 17. The third kappa shape index (κ3) is 44.1. The second kappa shape index (κ2) is 62.5. The number of aliphatic hydroxyl groups excluding tert-OH is 6. The van der Waals surface area contributed by atoms with Gasteiger partial charge in [0.25, 0.3) is 0 Å². The summed E-state index contributed by atoms with van der Waals surface area (Å²) in [6, 6.07) is 46.8. The van der Waals surface area contributed by atoms with E-state index >= 15 is 0 Å². The number of hydrogen-bond acceptors (Lipinski definition) is 33. The summed E-state index contributed by atoms with van der Waals surface area (Å²) in [5, 5.41) is 106. The number of esters is 3. The Labute approximate surface area is 776 Å². The predicted octanol–water partition coefficient (Wildman–Crippen LogP) is 12.4. The van der Waals surface area contributed by atoms with Crippen molar-refractivity contribution in [3.8, 4) is 125 Å². The fraction of sp³-hybridized carbons (Fsp3) is 0.302. The average molecular weight is 1910 g/mol. The Morgan fingerprint density at radius 3 is 0.992 bits per heavy atom. The fourth-order valence-electron chi connectivity index (χ4n) is 10.2. The van der Waals surface area contributed by atoms with Gasteiger partial charge in [0, 0.05) is 58.5 Å². The first-order chi connectivity index (χ1) is 63.0. The van der Waals surface area contributed by atoms with Crippen molar-refractivity contribution in [1.29, 1.82) is 0 Å². The predicted molar refractivity (Wildman–Crippen MR) is 498 cm³/mol. The summed E-state index contributed by atoms with van der Waals surface area (Å²) in [6.45, 7) is 27.6. The van der Waals surface area contributed by atoms with Gasteiger partial charge in [0.15, 0.2) is 23.0 Å². The van der Waals surface area contributed by atoms with Gasteiger partial charge in [0.1, 0.15) is 148 Å². The number of phenols is 3. The molecule has 1 fully saturated rings. The Hall–Kier alpha value is -13.7. The van der Waals surface area contributed by atoms with Crippen LogP contribution >= 0.6 is 15.9 Å². The van der Waals surface area contributed by atoms with Gasteiger partial charge >= 0.3 is 37.2 Å². The van der Waals surface area contributed by atoms with Crippen LogP contribution in [-0.2, 0) is 38.1 Å². The lowest BCUT2D eigenvalue weighted by molar-refractivity contribution is -0.140. The molecule has 1 heterocycles. The number of halogens is 1. The topological polar surface area (TPSA) is 485 Å². The monoisotopic (exact) mass is 1900 g/mol. The van der Waals surface area contributed by atoms with E-state index in [2.05, 4.69) is 51.7 Å². The van der Waals surface area contributed by atoms with Gasteiger partial charge in [-0.2, -0.15) is 0 Å². The number of carboxylic acids is 1. The summed E-state index contributed by atoms with van der Waals surface area (Å²) >= 11 is 3.31. The lowest BCUT2D eigenvalue weighted by atomic mass is 9.80. The molecule has 1 aliphatic rings. The Morgan fingerprint density at radius 1 is 0.371 bits per heavy atom. The lowest BCUT2D eigenvalue weighted by Crippen LogP contribution is -2.29. The molecule has 9 aromatic carbocycles. The normalized spacial score (nSPS) is 10.4. The van der Waals surface area contributed by atoms with Gasteiger partial charge in [-0.1, -0.05) is 78.6 Å². The van der Waals surface area contributed by atoms with E-state index in [0.717, 1.165) is 54.7 Å². The maximum absolute atomic E-state index is 12.0. The smallest absolute Gasteiger partial charge is 0.508 e. The van der Waals surface area contributed by atoms with Crippen LogP contribution in [0.4, 0.5) is 4.79 Å². The molecule has 0 aliphatic carbocycles. The Balaban J connectivity index is 0.000000550. The third-order valence-electron chi connectivity index (χ3n) is 16.5. The molecule has 716 valence electrons. The minimum atomic E-state index is -1.43. The Morgan fingerprint density at radius 2 is 0.682 bits per heavy atom. The Kier molecular flexibility index (Phi) is 53.3. The number of carboxylic acid groups (broad SMARTS) is 1. The zero-order chi connectivity index (χ0) is 98.2.